The summed E-state index contributed by atoms with van der Waals surface area (Å²) in [7, 11) is 0. The third kappa shape index (κ3) is 5.49. The van der Waals surface area contributed by atoms with Crippen LogP contribution in [0.4, 0.5) is 5.00 Å². The molecule has 1 heterocycles. The Morgan fingerprint density at radius 3 is 2.15 bits per heavy atom. The fourth-order valence-electron chi connectivity index (χ4n) is 4.37. The van der Waals surface area contributed by atoms with Crippen molar-refractivity contribution in [3.63, 3.8) is 0 Å². The summed E-state index contributed by atoms with van der Waals surface area (Å²) in [6, 6.07) is 3.28. The minimum Gasteiger partial charge on any atom is -0.490 e. The number of amides is 2. The molecule has 0 radical (unpaired) electrons. The van der Waals surface area contributed by atoms with E-state index in [1.165, 1.54) is 11.3 Å². The summed E-state index contributed by atoms with van der Waals surface area (Å²) >= 11 is 1.45. The molecule has 0 saturated heterocycles. The first kappa shape index (κ1) is 25.9. The van der Waals surface area contributed by atoms with Gasteiger partial charge in [0.1, 0.15) is 5.00 Å². The molecule has 34 heavy (non-hydrogen) atoms. The van der Waals surface area contributed by atoms with E-state index < -0.39 is 5.91 Å². The summed E-state index contributed by atoms with van der Waals surface area (Å²) in [5.74, 6) is 0.984. The fraction of sp³-hybridized carbons (Fsp3) is 0.538. The summed E-state index contributed by atoms with van der Waals surface area (Å²) in [5, 5.41) is 3.44. The van der Waals surface area contributed by atoms with E-state index in [9.17, 15) is 9.59 Å². The minimum absolute atomic E-state index is 0.172. The van der Waals surface area contributed by atoms with Crippen molar-refractivity contribution in [2.24, 2.45) is 17.1 Å². The second-order valence-corrected chi connectivity index (χ2v) is 10.5. The van der Waals surface area contributed by atoms with Gasteiger partial charge >= 0.3 is 0 Å². The van der Waals surface area contributed by atoms with Crippen LogP contribution < -0.4 is 25.3 Å². The van der Waals surface area contributed by atoms with E-state index in [0.29, 0.717) is 59.1 Å². The van der Waals surface area contributed by atoms with E-state index in [4.69, 9.17) is 19.9 Å². The number of rotatable bonds is 9. The lowest BCUT2D eigenvalue weighted by atomic mass is 9.72. The number of carbonyl (C=O) groups is 2. The number of hydrogen-bond donors (Lipinski definition) is 2. The topological polar surface area (TPSA) is 99.9 Å². The average molecular weight is 489 g/mol. The second kappa shape index (κ2) is 10.7. The van der Waals surface area contributed by atoms with Crippen LogP contribution in [0.3, 0.4) is 0 Å². The van der Waals surface area contributed by atoms with E-state index >= 15 is 0 Å². The normalized spacial score (nSPS) is 15.4. The van der Waals surface area contributed by atoms with Gasteiger partial charge in [-0.3, -0.25) is 9.59 Å². The number of hydrogen-bond acceptors (Lipinski definition) is 6. The average Bonchev–Trinajstić information content (AvgIpc) is 3.12. The van der Waals surface area contributed by atoms with E-state index in [2.05, 4.69) is 26.1 Å². The molecule has 0 saturated carbocycles. The first-order valence-corrected chi connectivity index (χ1v) is 12.7. The van der Waals surface area contributed by atoms with Crippen molar-refractivity contribution in [3.8, 4) is 17.2 Å². The number of fused-ring (bicyclic) bond motifs is 1. The molecule has 1 aromatic heterocycles. The molecule has 186 valence electrons. The van der Waals surface area contributed by atoms with Crippen LogP contribution in [-0.2, 0) is 12.8 Å². The quantitative estimate of drug-likeness (QED) is 0.489. The number of nitrogens with one attached hydrogen (secondary N) is 1. The number of nitrogens with two attached hydrogens (primary N) is 1. The smallest absolute Gasteiger partial charge is 0.256 e. The Bertz CT molecular complexity index is 1030. The summed E-state index contributed by atoms with van der Waals surface area (Å²) in [6.07, 6.45) is 2.66. The molecule has 1 atom stereocenters. The van der Waals surface area contributed by atoms with Gasteiger partial charge in [-0.05, 0) is 69.1 Å². The monoisotopic (exact) mass is 488 g/mol. The lowest BCUT2D eigenvalue weighted by molar-refractivity contribution is 0.1000. The highest BCUT2D eigenvalue weighted by Crippen LogP contribution is 2.44. The van der Waals surface area contributed by atoms with E-state index in [1.807, 2.05) is 20.8 Å². The van der Waals surface area contributed by atoms with Crippen molar-refractivity contribution in [2.75, 3.05) is 25.1 Å². The molecule has 0 spiro atoms. The maximum Gasteiger partial charge on any atom is 0.256 e. The Kier molecular flexibility index (Phi) is 8.13. The minimum atomic E-state index is -0.515. The van der Waals surface area contributed by atoms with Crippen molar-refractivity contribution in [1.82, 2.24) is 0 Å². The van der Waals surface area contributed by atoms with Crippen molar-refractivity contribution < 1.29 is 23.8 Å². The van der Waals surface area contributed by atoms with Gasteiger partial charge in [-0.1, -0.05) is 20.8 Å². The van der Waals surface area contributed by atoms with Gasteiger partial charge in [0, 0.05) is 10.4 Å². The van der Waals surface area contributed by atoms with Gasteiger partial charge in [0.25, 0.3) is 11.8 Å². The van der Waals surface area contributed by atoms with E-state index in [1.54, 1.807) is 12.1 Å². The molecular weight excluding hydrogens is 452 g/mol. The molecule has 0 fully saturated rings. The maximum absolute atomic E-state index is 13.3. The zero-order valence-electron chi connectivity index (χ0n) is 21.0. The van der Waals surface area contributed by atoms with Crippen molar-refractivity contribution in [2.45, 2.75) is 60.8 Å². The summed E-state index contributed by atoms with van der Waals surface area (Å²) in [5.41, 5.74) is 7.69. The number of benzene rings is 1. The molecule has 1 aliphatic rings. The van der Waals surface area contributed by atoms with Crippen molar-refractivity contribution >= 4 is 28.2 Å². The molecule has 0 unspecified atom stereocenters. The molecule has 3 N–H and O–H groups in total. The van der Waals surface area contributed by atoms with Gasteiger partial charge < -0.3 is 25.3 Å². The van der Waals surface area contributed by atoms with Gasteiger partial charge in [0.05, 0.1) is 25.4 Å². The Morgan fingerprint density at radius 1 is 1.06 bits per heavy atom. The number of anilines is 1. The Labute approximate surface area is 206 Å². The SMILES string of the molecule is CCOc1cc(C(=O)Nc2sc3c(c2C(N)=O)CC[C@@H](C(C)(C)C)C3)cc(OCC)c1OCC. The molecule has 2 amide bonds. The third-order valence-electron chi connectivity index (χ3n) is 6.13. The van der Waals surface area contributed by atoms with Crippen molar-refractivity contribution in [1.29, 1.82) is 0 Å². The standard InChI is InChI=1S/C26H36N2O5S/c1-7-31-18-12-15(13-19(32-8-2)22(18)33-9-3)24(30)28-25-21(23(27)29)17-11-10-16(26(4,5)6)14-20(17)34-25/h12-13,16H,7-11,14H2,1-6H3,(H2,27,29)(H,28,30)/t16-/m1/s1. The number of carbonyl (C=O) groups excluding carboxylic acids is 2. The molecule has 1 aliphatic carbocycles. The Morgan fingerprint density at radius 2 is 1.65 bits per heavy atom. The highest BCUT2D eigenvalue weighted by Gasteiger charge is 2.33. The van der Waals surface area contributed by atoms with Gasteiger partial charge in [-0.15, -0.1) is 11.3 Å². The highest BCUT2D eigenvalue weighted by atomic mass is 32.1. The predicted octanol–water partition coefficient (Wildman–Crippen LogP) is 5.45. The zero-order valence-corrected chi connectivity index (χ0v) is 21.8. The first-order valence-electron chi connectivity index (χ1n) is 11.9. The molecule has 7 nitrogen and oxygen atoms in total. The first-order chi connectivity index (χ1) is 16.1. The van der Waals surface area contributed by atoms with Gasteiger partial charge in [-0.25, -0.2) is 0 Å². The van der Waals surface area contributed by atoms with Crippen LogP contribution in [-0.4, -0.2) is 31.6 Å². The molecule has 8 heteroatoms. The number of ether oxygens (including phenoxy) is 3. The lowest BCUT2D eigenvalue weighted by Crippen LogP contribution is -2.27. The van der Waals surface area contributed by atoms with Crippen LogP contribution in [0.15, 0.2) is 12.1 Å². The van der Waals surface area contributed by atoms with E-state index in [0.717, 1.165) is 29.7 Å². The van der Waals surface area contributed by atoms with Gasteiger partial charge in [-0.2, -0.15) is 0 Å². The highest BCUT2D eigenvalue weighted by molar-refractivity contribution is 7.17. The second-order valence-electron chi connectivity index (χ2n) is 9.43. The summed E-state index contributed by atoms with van der Waals surface area (Å²) in [4.78, 5) is 26.8. The molecule has 2 aromatic rings. The summed E-state index contributed by atoms with van der Waals surface area (Å²) in [6.45, 7) is 13.6. The third-order valence-corrected chi connectivity index (χ3v) is 7.30. The summed E-state index contributed by atoms with van der Waals surface area (Å²) < 4.78 is 17.2. The molecular formula is C26H36N2O5S. The fourth-order valence-corrected chi connectivity index (χ4v) is 5.70. The Balaban J connectivity index is 1.97. The predicted molar refractivity (Wildman–Crippen MR) is 136 cm³/mol. The van der Waals surface area contributed by atoms with Crippen LogP contribution >= 0.6 is 11.3 Å². The maximum atomic E-state index is 13.3. The van der Waals surface area contributed by atoms with Crippen LogP contribution in [0.1, 0.15) is 79.1 Å². The Hall–Kier alpha value is -2.74. The molecule has 0 bridgehead atoms. The van der Waals surface area contributed by atoms with Gasteiger partial charge in [0.2, 0.25) is 5.75 Å². The van der Waals surface area contributed by atoms with Gasteiger partial charge in [0.15, 0.2) is 11.5 Å². The van der Waals surface area contributed by atoms with Crippen LogP contribution in [0.5, 0.6) is 17.2 Å². The number of thiophene rings is 1. The molecule has 1 aromatic carbocycles. The zero-order chi connectivity index (χ0) is 25.0. The molecule has 3 rings (SSSR count). The van der Waals surface area contributed by atoms with E-state index in [-0.39, 0.29) is 11.3 Å². The molecule has 0 aliphatic heterocycles. The van der Waals surface area contributed by atoms with Crippen LogP contribution in [0.25, 0.3) is 0 Å². The van der Waals surface area contributed by atoms with Crippen molar-refractivity contribution in [3.05, 3.63) is 33.7 Å². The van der Waals surface area contributed by atoms with Crippen LogP contribution in [0.2, 0.25) is 0 Å². The van der Waals surface area contributed by atoms with Crippen LogP contribution in [0, 0.1) is 11.3 Å². The number of primary amides is 1. The largest absolute Gasteiger partial charge is 0.490 e. The lowest BCUT2D eigenvalue weighted by Gasteiger charge is -2.33.